The number of carboxylic acids is 1. The number of nitrogens with one attached hydrogen (secondary N) is 1. The topological polar surface area (TPSA) is 69.6 Å². The van der Waals surface area contributed by atoms with Crippen molar-refractivity contribution in [2.45, 2.75) is 44.7 Å². The third kappa shape index (κ3) is 3.47. The Morgan fingerprint density at radius 2 is 1.89 bits per heavy atom. The zero-order chi connectivity index (χ0) is 13.8. The number of hydrogen-bond donors (Lipinski definition) is 3. The van der Waals surface area contributed by atoms with Crippen LogP contribution in [0.4, 0.5) is 0 Å². The molecule has 1 aliphatic rings. The minimum Gasteiger partial charge on any atom is -0.508 e. The average Bonchev–Trinajstić information content (AvgIpc) is 2.39. The summed E-state index contributed by atoms with van der Waals surface area (Å²) in [6.45, 7) is 2.17. The van der Waals surface area contributed by atoms with Crippen molar-refractivity contribution in [3.05, 3.63) is 29.8 Å². The van der Waals surface area contributed by atoms with Gasteiger partial charge in [0.15, 0.2) is 0 Å². The summed E-state index contributed by atoms with van der Waals surface area (Å²) in [5.74, 6) is -0.213. The van der Waals surface area contributed by atoms with Crippen LogP contribution in [0.25, 0.3) is 0 Å². The van der Waals surface area contributed by atoms with Crippen molar-refractivity contribution in [2.75, 3.05) is 0 Å². The van der Waals surface area contributed by atoms with Crippen molar-refractivity contribution in [2.24, 2.45) is 5.92 Å². The molecule has 1 aromatic carbocycles. The molecule has 1 aliphatic carbocycles. The largest absolute Gasteiger partial charge is 0.508 e. The monoisotopic (exact) mass is 263 g/mol. The van der Waals surface area contributed by atoms with E-state index in [2.05, 4.69) is 12.2 Å². The number of hydrogen-bond acceptors (Lipinski definition) is 3. The summed E-state index contributed by atoms with van der Waals surface area (Å²) in [6, 6.07) is 5.92. The van der Waals surface area contributed by atoms with Gasteiger partial charge in [-0.05, 0) is 36.5 Å². The van der Waals surface area contributed by atoms with Gasteiger partial charge >= 0.3 is 5.97 Å². The molecule has 0 aromatic heterocycles. The first-order valence-electron chi connectivity index (χ1n) is 6.85. The molecule has 0 aliphatic heterocycles. The van der Waals surface area contributed by atoms with E-state index >= 15 is 0 Å². The number of rotatable bonds is 4. The van der Waals surface area contributed by atoms with Crippen LogP contribution in [0.5, 0.6) is 5.75 Å². The Labute approximate surface area is 113 Å². The smallest absolute Gasteiger partial charge is 0.325 e. The predicted octanol–water partition coefficient (Wildman–Crippen LogP) is 2.69. The minimum absolute atomic E-state index is 0.152. The molecule has 1 saturated carbocycles. The molecule has 3 N–H and O–H groups in total. The van der Waals surface area contributed by atoms with Crippen LogP contribution in [-0.2, 0) is 4.79 Å². The molecule has 0 heterocycles. The van der Waals surface area contributed by atoms with Gasteiger partial charge in [0.2, 0.25) is 0 Å². The first kappa shape index (κ1) is 13.9. The second-order valence-corrected chi connectivity index (χ2v) is 5.40. The Morgan fingerprint density at radius 1 is 1.26 bits per heavy atom. The summed E-state index contributed by atoms with van der Waals surface area (Å²) >= 11 is 0. The van der Waals surface area contributed by atoms with Gasteiger partial charge in [0.1, 0.15) is 11.8 Å². The molecule has 0 amide bonds. The van der Waals surface area contributed by atoms with Crippen LogP contribution in [0.15, 0.2) is 24.3 Å². The number of aliphatic carboxylic acids is 1. The lowest BCUT2D eigenvalue weighted by molar-refractivity contribution is -0.140. The van der Waals surface area contributed by atoms with Gasteiger partial charge in [-0.25, -0.2) is 0 Å². The van der Waals surface area contributed by atoms with Gasteiger partial charge < -0.3 is 10.2 Å². The first-order chi connectivity index (χ1) is 9.08. The van der Waals surface area contributed by atoms with Crippen molar-refractivity contribution in [3.63, 3.8) is 0 Å². The SMILES string of the molecule is CC1CCCCC1NC(C(=O)O)c1ccc(O)cc1. The molecule has 1 aromatic rings. The number of phenolic OH excluding ortho intramolecular Hbond substituents is 1. The summed E-state index contributed by atoms with van der Waals surface area (Å²) in [7, 11) is 0. The summed E-state index contributed by atoms with van der Waals surface area (Å²) in [6.07, 6.45) is 4.57. The van der Waals surface area contributed by atoms with E-state index in [1.165, 1.54) is 18.6 Å². The van der Waals surface area contributed by atoms with E-state index in [1.807, 2.05) is 0 Å². The van der Waals surface area contributed by atoms with E-state index in [4.69, 9.17) is 0 Å². The van der Waals surface area contributed by atoms with Crippen molar-refractivity contribution in [3.8, 4) is 5.75 Å². The lowest BCUT2D eigenvalue weighted by atomic mass is 9.85. The summed E-state index contributed by atoms with van der Waals surface area (Å²) in [5.41, 5.74) is 0.683. The zero-order valence-electron chi connectivity index (χ0n) is 11.2. The number of aromatic hydroxyl groups is 1. The lowest BCUT2D eigenvalue weighted by Gasteiger charge is -2.32. The highest BCUT2D eigenvalue weighted by atomic mass is 16.4. The fourth-order valence-electron chi connectivity index (χ4n) is 2.75. The van der Waals surface area contributed by atoms with Crippen molar-refractivity contribution in [1.29, 1.82) is 0 Å². The molecular weight excluding hydrogens is 242 g/mol. The van der Waals surface area contributed by atoms with E-state index in [1.54, 1.807) is 12.1 Å². The van der Waals surface area contributed by atoms with Crippen LogP contribution in [0.1, 0.15) is 44.2 Å². The summed E-state index contributed by atoms with van der Waals surface area (Å²) in [5, 5.41) is 21.9. The van der Waals surface area contributed by atoms with Gasteiger partial charge in [-0.15, -0.1) is 0 Å². The molecule has 0 radical (unpaired) electrons. The molecule has 4 nitrogen and oxygen atoms in total. The fraction of sp³-hybridized carbons (Fsp3) is 0.533. The van der Waals surface area contributed by atoms with Gasteiger partial charge in [-0.1, -0.05) is 31.9 Å². The second-order valence-electron chi connectivity index (χ2n) is 5.40. The van der Waals surface area contributed by atoms with Crippen molar-refractivity contribution in [1.82, 2.24) is 5.32 Å². The number of phenols is 1. The maximum Gasteiger partial charge on any atom is 0.325 e. The Bertz CT molecular complexity index is 430. The van der Waals surface area contributed by atoms with Crippen LogP contribution in [-0.4, -0.2) is 22.2 Å². The maximum atomic E-state index is 11.4. The molecule has 0 saturated heterocycles. The summed E-state index contributed by atoms with van der Waals surface area (Å²) < 4.78 is 0. The zero-order valence-corrected chi connectivity index (χ0v) is 11.2. The van der Waals surface area contributed by atoms with Crippen LogP contribution in [0, 0.1) is 5.92 Å². The van der Waals surface area contributed by atoms with E-state index in [-0.39, 0.29) is 11.8 Å². The fourth-order valence-corrected chi connectivity index (χ4v) is 2.75. The summed E-state index contributed by atoms with van der Waals surface area (Å²) in [4.78, 5) is 11.4. The lowest BCUT2D eigenvalue weighted by Crippen LogP contribution is -2.42. The average molecular weight is 263 g/mol. The quantitative estimate of drug-likeness (QED) is 0.781. The number of carboxylic acid groups (broad SMARTS) is 1. The predicted molar refractivity (Wildman–Crippen MR) is 73.0 cm³/mol. The van der Waals surface area contributed by atoms with Gasteiger partial charge in [-0.2, -0.15) is 0 Å². The molecule has 3 unspecified atom stereocenters. The number of carbonyl (C=O) groups is 1. The van der Waals surface area contributed by atoms with Gasteiger partial charge in [0.05, 0.1) is 0 Å². The third-order valence-corrected chi connectivity index (χ3v) is 3.97. The first-order valence-corrected chi connectivity index (χ1v) is 6.85. The molecule has 0 bridgehead atoms. The van der Waals surface area contributed by atoms with E-state index in [0.29, 0.717) is 11.5 Å². The Balaban J connectivity index is 2.11. The van der Waals surface area contributed by atoms with Crippen LogP contribution < -0.4 is 5.32 Å². The molecule has 104 valence electrons. The van der Waals surface area contributed by atoms with Crippen LogP contribution in [0.3, 0.4) is 0 Å². The van der Waals surface area contributed by atoms with E-state index < -0.39 is 12.0 Å². The molecule has 0 spiro atoms. The second kappa shape index (κ2) is 6.06. The minimum atomic E-state index is -0.872. The van der Waals surface area contributed by atoms with Gasteiger partial charge in [-0.3, -0.25) is 10.1 Å². The molecule has 19 heavy (non-hydrogen) atoms. The molecular formula is C15H21NO3. The van der Waals surface area contributed by atoms with Crippen LogP contribution >= 0.6 is 0 Å². The standard InChI is InChI=1S/C15H21NO3/c1-10-4-2-3-5-13(10)16-14(15(18)19)11-6-8-12(17)9-7-11/h6-10,13-14,16-17H,2-5H2,1H3,(H,18,19). The molecule has 4 heteroatoms. The highest BCUT2D eigenvalue weighted by molar-refractivity contribution is 5.75. The van der Waals surface area contributed by atoms with Gasteiger partial charge in [0.25, 0.3) is 0 Å². The normalized spacial score (nSPS) is 24.9. The maximum absolute atomic E-state index is 11.4. The molecule has 3 atom stereocenters. The van der Waals surface area contributed by atoms with E-state index in [9.17, 15) is 15.0 Å². The molecule has 1 fully saturated rings. The van der Waals surface area contributed by atoms with Crippen molar-refractivity contribution >= 4 is 5.97 Å². The van der Waals surface area contributed by atoms with E-state index in [0.717, 1.165) is 19.3 Å². The number of benzene rings is 1. The van der Waals surface area contributed by atoms with Crippen LogP contribution in [0.2, 0.25) is 0 Å². The highest BCUT2D eigenvalue weighted by Gasteiger charge is 2.28. The third-order valence-electron chi connectivity index (χ3n) is 3.97. The Kier molecular flexibility index (Phi) is 4.43. The Morgan fingerprint density at radius 3 is 2.47 bits per heavy atom. The molecule has 2 rings (SSSR count). The van der Waals surface area contributed by atoms with Crippen molar-refractivity contribution < 1.29 is 15.0 Å². The van der Waals surface area contributed by atoms with Gasteiger partial charge in [0, 0.05) is 6.04 Å². The Hall–Kier alpha value is -1.55. The highest BCUT2D eigenvalue weighted by Crippen LogP contribution is 2.27.